The zero-order valence-electron chi connectivity index (χ0n) is 12.2. The number of likely N-dealkylation sites (N-methyl/N-ethyl adjacent to an activating group) is 1. The summed E-state index contributed by atoms with van der Waals surface area (Å²) in [6.07, 6.45) is 0.972. The van der Waals surface area contributed by atoms with Gasteiger partial charge >= 0.3 is 0 Å². The van der Waals surface area contributed by atoms with Crippen molar-refractivity contribution < 1.29 is 4.79 Å². The summed E-state index contributed by atoms with van der Waals surface area (Å²) in [6, 6.07) is 7.57. The zero-order chi connectivity index (χ0) is 14.3. The fraction of sp³-hybridized carbons (Fsp3) is 0.533. The Morgan fingerprint density at radius 3 is 2.21 bits per heavy atom. The molecule has 4 nitrogen and oxygen atoms in total. The first-order valence-corrected chi connectivity index (χ1v) is 6.81. The maximum absolute atomic E-state index is 12.4. The molecule has 0 radical (unpaired) electrons. The summed E-state index contributed by atoms with van der Waals surface area (Å²) >= 11 is 0. The van der Waals surface area contributed by atoms with Crippen molar-refractivity contribution >= 4 is 5.91 Å². The number of amides is 1. The standard InChI is InChI=1S/C15H25N3O/c1-4-9-18(11-10-17(2)3)15(19)14-7-5-13(12-16)6-8-14/h5-8H,4,9-12,16H2,1-3H3. The van der Waals surface area contributed by atoms with E-state index in [9.17, 15) is 4.79 Å². The SMILES string of the molecule is CCCN(CCN(C)C)C(=O)c1ccc(CN)cc1. The summed E-state index contributed by atoms with van der Waals surface area (Å²) < 4.78 is 0. The van der Waals surface area contributed by atoms with E-state index in [1.807, 2.05) is 43.3 Å². The molecule has 0 fully saturated rings. The van der Waals surface area contributed by atoms with Gasteiger partial charge in [0.1, 0.15) is 0 Å². The normalized spacial score (nSPS) is 10.8. The lowest BCUT2D eigenvalue weighted by molar-refractivity contribution is 0.0745. The van der Waals surface area contributed by atoms with E-state index in [-0.39, 0.29) is 5.91 Å². The topological polar surface area (TPSA) is 49.6 Å². The number of hydrogen-bond donors (Lipinski definition) is 1. The van der Waals surface area contributed by atoms with Crippen molar-refractivity contribution in [2.24, 2.45) is 5.73 Å². The van der Waals surface area contributed by atoms with E-state index in [1.54, 1.807) is 0 Å². The summed E-state index contributed by atoms with van der Waals surface area (Å²) in [5.41, 5.74) is 7.35. The highest BCUT2D eigenvalue weighted by molar-refractivity contribution is 5.94. The van der Waals surface area contributed by atoms with Crippen LogP contribution in [0.5, 0.6) is 0 Å². The van der Waals surface area contributed by atoms with Gasteiger partial charge in [0, 0.05) is 31.7 Å². The van der Waals surface area contributed by atoms with Gasteiger partial charge in [0.25, 0.3) is 5.91 Å². The van der Waals surface area contributed by atoms with Gasteiger partial charge in [-0.3, -0.25) is 4.79 Å². The monoisotopic (exact) mass is 263 g/mol. The summed E-state index contributed by atoms with van der Waals surface area (Å²) in [5, 5.41) is 0. The van der Waals surface area contributed by atoms with E-state index in [0.29, 0.717) is 6.54 Å². The van der Waals surface area contributed by atoms with Gasteiger partial charge in [-0.1, -0.05) is 19.1 Å². The molecule has 19 heavy (non-hydrogen) atoms. The van der Waals surface area contributed by atoms with Crippen LogP contribution in [0, 0.1) is 0 Å². The molecule has 0 aliphatic heterocycles. The van der Waals surface area contributed by atoms with Crippen LogP contribution in [-0.4, -0.2) is 49.4 Å². The number of benzene rings is 1. The molecule has 1 aromatic rings. The second kappa shape index (κ2) is 7.92. The Labute approximate surface area is 116 Å². The number of rotatable bonds is 7. The molecule has 0 aromatic heterocycles. The minimum atomic E-state index is 0.104. The second-order valence-electron chi connectivity index (χ2n) is 5.00. The summed E-state index contributed by atoms with van der Waals surface area (Å²) in [6.45, 7) is 5.04. The Morgan fingerprint density at radius 2 is 1.74 bits per heavy atom. The van der Waals surface area contributed by atoms with Gasteiger partial charge in [0.05, 0.1) is 0 Å². The Morgan fingerprint density at radius 1 is 1.11 bits per heavy atom. The maximum atomic E-state index is 12.4. The third-order valence-electron chi connectivity index (χ3n) is 3.03. The lowest BCUT2D eigenvalue weighted by Gasteiger charge is -2.24. The van der Waals surface area contributed by atoms with Crippen LogP contribution in [-0.2, 0) is 6.54 Å². The molecule has 0 spiro atoms. The molecular formula is C15H25N3O. The summed E-state index contributed by atoms with van der Waals surface area (Å²) in [5.74, 6) is 0.104. The molecule has 4 heteroatoms. The van der Waals surface area contributed by atoms with Crippen LogP contribution in [0.25, 0.3) is 0 Å². The molecule has 0 unspecified atom stereocenters. The van der Waals surface area contributed by atoms with Crippen LogP contribution < -0.4 is 5.73 Å². The Kier molecular flexibility index (Phi) is 6.53. The highest BCUT2D eigenvalue weighted by Gasteiger charge is 2.14. The predicted octanol–water partition coefficient (Wildman–Crippen LogP) is 1.56. The van der Waals surface area contributed by atoms with Crippen LogP contribution >= 0.6 is 0 Å². The predicted molar refractivity (Wildman–Crippen MR) is 79.1 cm³/mol. The Hall–Kier alpha value is -1.39. The lowest BCUT2D eigenvalue weighted by atomic mass is 10.1. The van der Waals surface area contributed by atoms with E-state index in [0.717, 1.165) is 37.2 Å². The molecule has 2 N–H and O–H groups in total. The summed E-state index contributed by atoms with van der Waals surface area (Å²) in [4.78, 5) is 16.4. The first-order chi connectivity index (χ1) is 9.08. The maximum Gasteiger partial charge on any atom is 0.253 e. The Bertz CT molecular complexity index is 387. The van der Waals surface area contributed by atoms with Gasteiger partial charge in [-0.2, -0.15) is 0 Å². The minimum absolute atomic E-state index is 0.104. The van der Waals surface area contributed by atoms with E-state index in [2.05, 4.69) is 11.8 Å². The van der Waals surface area contributed by atoms with Crippen LogP contribution in [0.2, 0.25) is 0 Å². The van der Waals surface area contributed by atoms with Crippen molar-refractivity contribution in [1.82, 2.24) is 9.80 Å². The minimum Gasteiger partial charge on any atom is -0.337 e. The molecule has 1 aromatic carbocycles. The molecule has 0 saturated heterocycles. The van der Waals surface area contributed by atoms with Crippen molar-refractivity contribution in [2.75, 3.05) is 33.7 Å². The third-order valence-corrected chi connectivity index (χ3v) is 3.03. The molecule has 0 aliphatic rings. The van der Waals surface area contributed by atoms with Crippen LogP contribution in [0.1, 0.15) is 29.3 Å². The van der Waals surface area contributed by atoms with Gasteiger partial charge in [-0.25, -0.2) is 0 Å². The molecule has 1 rings (SSSR count). The quantitative estimate of drug-likeness (QED) is 0.812. The summed E-state index contributed by atoms with van der Waals surface area (Å²) in [7, 11) is 4.04. The molecule has 1 amide bonds. The van der Waals surface area contributed by atoms with E-state index < -0.39 is 0 Å². The fourth-order valence-electron chi connectivity index (χ4n) is 1.87. The molecule has 0 bridgehead atoms. The first kappa shape index (κ1) is 15.7. The van der Waals surface area contributed by atoms with Crippen LogP contribution in [0.15, 0.2) is 24.3 Å². The van der Waals surface area contributed by atoms with Crippen LogP contribution in [0.3, 0.4) is 0 Å². The average molecular weight is 263 g/mol. The van der Waals surface area contributed by atoms with Gasteiger partial charge < -0.3 is 15.5 Å². The van der Waals surface area contributed by atoms with Gasteiger partial charge in [-0.15, -0.1) is 0 Å². The largest absolute Gasteiger partial charge is 0.337 e. The van der Waals surface area contributed by atoms with E-state index in [1.165, 1.54) is 0 Å². The number of nitrogens with zero attached hydrogens (tertiary/aromatic N) is 2. The molecule has 0 saturated carbocycles. The van der Waals surface area contributed by atoms with Gasteiger partial charge in [0.15, 0.2) is 0 Å². The van der Waals surface area contributed by atoms with E-state index in [4.69, 9.17) is 5.73 Å². The van der Waals surface area contributed by atoms with Crippen molar-refractivity contribution in [2.45, 2.75) is 19.9 Å². The number of carbonyl (C=O) groups is 1. The number of carbonyl (C=O) groups excluding carboxylic acids is 1. The van der Waals surface area contributed by atoms with Gasteiger partial charge in [0.2, 0.25) is 0 Å². The second-order valence-corrected chi connectivity index (χ2v) is 5.00. The number of nitrogens with two attached hydrogens (primary N) is 1. The molecule has 106 valence electrons. The average Bonchev–Trinajstić information content (AvgIpc) is 2.42. The third kappa shape index (κ3) is 5.01. The fourth-order valence-corrected chi connectivity index (χ4v) is 1.87. The lowest BCUT2D eigenvalue weighted by Crippen LogP contribution is -2.37. The molecule has 0 heterocycles. The van der Waals surface area contributed by atoms with Crippen LogP contribution in [0.4, 0.5) is 0 Å². The molecule has 0 atom stereocenters. The Balaban J connectivity index is 2.73. The highest BCUT2D eigenvalue weighted by atomic mass is 16.2. The van der Waals surface area contributed by atoms with E-state index >= 15 is 0 Å². The van der Waals surface area contributed by atoms with Crippen molar-refractivity contribution in [3.63, 3.8) is 0 Å². The highest BCUT2D eigenvalue weighted by Crippen LogP contribution is 2.08. The van der Waals surface area contributed by atoms with Crippen molar-refractivity contribution in [1.29, 1.82) is 0 Å². The number of hydrogen-bond acceptors (Lipinski definition) is 3. The first-order valence-electron chi connectivity index (χ1n) is 6.81. The van der Waals surface area contributed by atoms with Crippen molar-refractivity contribution in [3.8, 4) is 0 Å². The van der Waals surface area contributed by atoms with Crippen molar-refractivity contribution in [3.05, 3.63) is 35.4 Å². The molecule has 0 aliphatic carbocycles. The van der Waals surface area contributed by atoms with Gasteiger partial charge in [-0.05, 0) is 38.2 Å². The molecular weight excluding hydrogens is 238 g/mol. The zero-order valence-corrected chi connectivity index (χ0v) is 12.2. The smallest absolute Gasteiger partial charge is 0.253 e.